The van der Waals surface area contributed by atoms with Crippen LogP contribution in [-0.2, 0) is 54.0 Å². The molecule has 1 fully saturated rings. The van der Waals surface area contributed by atoms with Crippen molar-refractivity contribution in [1.82, 2.24) is 40.4 Å². The Morgan fingerprint density at radius 1 is 0.890 bits per heavy atom. The van der Waals surface area contributed by atoms with E-state index in [0.29, 0.717) is 69.6 Å². The van der Waals surface area contributed by atoms with Gasteiger partial charge in [0.15, 0.2) is 5.96 Å². The highest BCUT2D eigenvalue weighted by atomic mass is 31.2. The average Bonchev–Trinajstić information content (AvgIpc) is 3.95. The third-order valence-electron chi connectivity index (χ3n) is 13.5. The summed E-state index contributed by atoms with van der Waals surface area (Å²) in [4.78, 5) is 116. The van der Waals surface area contributed by atoms with Gasteiger partial charge in [-0.15, -0.1) is 0 Å². The summed E-state index contributed by atoms with van der Waals surface area (Å²) in [5.41, 5.74) is 0.578. The zero-order valence-corrected chi connectivity index (χ0v) is 46.0. The first-order valence-corrected chi connectivity index (χ1v) is 27.4. The van der Waals surface area contributed by atoms with E-state index in [1.54, 1.807) is 47.2 Å². The Morgan fingerprint density at radius 2 is 1.51 bits per heavy atom. The van der Waals surface area contributed by atoms with Crippen molar-refractivity contribution in [1.29, 1.82) is 0 Å². The van der Waals surface area contributed by atoms with Gasteiger partial charge in [0.05, 0.1) is 24.6 Å². The van der Waals surface area contributed by atoms with Crippen molar-refractivity contribution >= 4 is 54.7 Å². The van der Waals surface area contributed by atoms with Gasteiger partial charge >= 0.3 is 0 Å². The number of guanidine groups is 1. The quantitative estimate of drug-likeness (QED) is 0.0216. The van der Waals surface area contributed by atoms with E-state index in [1.807, 2.05) is 65.7 Å². The summed E-state index contributed by atoms with van der Waals surface area (Å²) in [6.07, 6.45) is 4.07. The molecular formula is C52H84N9O11P. The Balaban J connectivity index is 1.66. The number of benzene rings is 1. The molecule has 1 aromatic rings. The Labute approximate surface area is 433 Å². The molecule has 2 aliphatic heterocycles. The van der Waals surface area contributed by atoms with E-state index in [0.717, 1.165) is 4.90 Å². The van der Waals surface area contributed by atoms with E-state index >= 15 is 0 Å². The zero-order valence-electron chi connectivity index (χ0n) is 45.1. The van der Waals surface area contributed by atoms with Gasteiger partial charge in [-0.2, -0.15) is 0 Å². The van der Waals surface area contributed by atoms with Crippen LogP contribution in [-0.4, -0.2) is 195 Å². The monoisotopic (exact) mass is 1040 g/mol. The predicted octanol–water partition coefficient (Wildman–Crippen LogP) is 3.39. The highest BCUT2D eigenvalue weighted by Gasteiger charge is 2.43. The average molecular weight is 1040 g/mol. The number of ether oxygens (including phenoxy) is 2. The van der Waals surface area contributed by atoms with E-state index in [-0.39, 0.29) is 79.3 Å². The molecule has 1 saturated heterocycles. The number of methoxy groups -OCH3 is 2. The maximum atomic E-state index is 14.4. The molecule has 408 valence electrons. The summed E-state index contributed by atoms with van der Waals surface area (Å²) < 4.78 is 26.0. The summed E-state index contributed by atoms with van der Waals surface area (Å²) in [5, 5.41) is 8.11. The standard InChI is InChI=1S/C52H84N9O11P/c1-13-36(4)48(59(10)51(68)47(35(2)3)56-52(57(6)7)58(8)9)40(71-11)33-46(66)60-31-20-24-39(60)49(72-12)37(5)50(67)55-43(32-38-22-16-14-17-23-38)73(69,70)34-42(63)54-29-21-28-53-41(62)25-18-15-19-30-61-44(64)26-27-45(61)65/h14,16-17,22-23,26-27,35-36,39-40,43,47-49H,5,13,15,18-21,24-25,28-34H2,1-4,6-12H3,(H,53,62)(H,54,63)(H,55,67)(H,69,70)/t36-,39-,40+,43+,47-,48-,49+/m0/s1. The molecule has 20 nitrogen and oxygen atoms in total. The second kappa shape index (κ2) is 30.1. The van der Waals surface area contributed by atoms with Crippen LogP contribution in [0.2, 0.25) is 0 Å². The second-order valence-electron chi connectivity index (χ2n) is 19.8. The minimum atomic E-state index is -4.45. The number of unbranched alkanes of at least 4 members (excludes halogenated alkanes) is 2. The number of rotatable bonds is 30. The van der Waals surface area contributed by atoms with Crippen LogP contribution in [0.15, 0.2) is 59.6 Å². The van der Waals surface area contributed by atoms with Gasteiger partial charge in [-0.05, 0) is 49.5 Å². The van der Waals surface area contributed by atoms with E-state index in [4.69, 9.17) is 14.5 Å². The van der Waals surface area contributed by atoms with Crippen LogP contribution < -0.4 is 16.0 Å². The number of likely N-dealkylation sites (tertiary alicyclic amines) is 1. The summed E-state index contributed by atoms with van der Waals surface area (Å²) >= 11 is 0. The molecule has 0 aliphatic carbocycles. The smallest absolute Gasteiger partial charge is 0.253 e. The summed E-state index contributed by atoms with van der Waals surface area (Å²) in [5.74, 6) is -3.72. The van der Waals surface area contributed by atoms with Crippen LogP contribution >= 0.6 is 7.37 Å². The van der Waals surface area contributed by atoms with Gasteiger partial charge < -0.3 is 49.9 Å². The highest BCUT2D eigenvalue weighted by molar-refractivity contribution is 7.59. The third kappa shape index (κ3) is 18.5. The molecular weight excluding hydrogens is 958 g/mol. The fraction of sp³-hybridized carbons (Fsp3) is 0.654. The molecule has 4 N–H and O–H groups in total. The number of hydrogen-bond donors (Lipinski definition) is 4. The molecule has 2 aliphatic rings. The fourth-order valence-corrected chi connectivity index (χ4v) is 10.9. The number of aliphatic imine (C=N–C) groups is 1. The van der Waals surface area contributed by atoms with Crippen molar-refractivity contribution in [2.75, 3.05) is 81.8 Å². The topological polar surface area (TPSA) is 240 Å². The lowest BCUT2D eigenvalue weighted by atomic mass is 9.89. The van der Waals surface area contributed by atoms with Crippen molar-refractivity contribution in [3.05, 3.63) is 60.2 Å². The lowest BCUT2D eigenvalue weighted by Gasteiger charge is -2.40. The number of nitrogens with one attached hydrogen (secondary N) is 3. The Bertz CT molecular complexity index is 2130. The molecule has 0 aromatic heterocycles. The van der Waals surface area contributed by atoms with Crippen LogP contribution in [0.1, 0.15) is 91.0 Å². The molecule has 21 heteroatoms. The van der Waals surface area contributed by atoms with Crippen LogP contribution in [0.25, 0.3) is 0 Å². The van der Waals surface area contributed by atoms with Crippen LogP contribution in [0.5, 0.6) is 0 Å². The normalized spacial score (nSPS) is 17.7. The van der Waals surface area contributed by atoms with Crippen molar-refractivity contribution < 1.29 is 52.5 Å². The minimum absolute atomic E-state index is 0.0607. The molecule has 73 heavy (non-hydrogen) atoms. The summed E-state index contributed by atoms with van der Waals surface area (Å²) in [7, 11) is 7.71. The van der Waals surface area contributed by atoms with Gasteiger partial charge in [0.2, 0.25) is 36.9 Å². The zero-order chi connectivity index (χ0) is 54.6. The lowest BCUT2D eigenvalue weighted by molar-refractivity contribution is -0.145. The minimum Gasteiger partial charge on any atom is -0.379 e. The molecule has 7 amide bonds. The maximum Gasteiger partial charge on any atom is 0.253 e. The van der Waals surface area contributed by atoms with Crippen molar-refractivity contribution in [2.24, 2.45) is 16.8 Å². The first-order valence-electron chi connectivity index (χ1n) is 25.4. The van der Waals surface area contributed by atoms with Crippen LogP contribution in [0, 0.1) is 11.8 Å². The number of carbonyl (C=O) groups is 7. The second-order valence-corrected chi connectivity index (χ2v) is 22.3. The highest BCUT2D eigenvalue weighted by Crippen LogP contribution is 2.46. The summed E-state index contributed by atoms with van der Waals surface area (Å²) in [6, 6.07) is 6.99. The van der Waals surface area contributed by atoms with Gasteiger partial charge in [0.1, 0.15) is 24.1 Å². The maximum absolute atomic E-state index is 14.4. The SMILES string of the molecule is C=C(C(=O)N[C@@H](Cc1ccccc1)P(=O)(O)CC(=O)NCCCNC(=O)CCCCCN1C(=O)C=CC1=O)[C@@H](OC)[C@@H]1CCCN1C(=O)C[C@@H](OC)[C@H]([C@@H](C)CC)N(C)C(=O)[C@@H](N=C(N(C)C)N(C)C)C(C)C. The Hall–Kier alpha value is -5.43. The summed E-state index contributed by atoms with van der Waals surface area (Å²) in [6.45, 7) is 13.1. The Kier molecular flexibility index (Phi) is 25.5. The van der Waals surface area contributed by atoms with Crippen molar-refractivity contribution in [2.45, 2.75) is 128 Å². The number of nitrogens with zero attached hydrogens (tertiary/aromatic N) is 6. The fourth-order valence-electron chi connectivity index (χ4n) is 9.31. The number of carbonyl (C=O) groups excluding carboxylic acids is 7. The largest absolute Gasteiger partial charge is 0.379 e. The molecule has 0 spiro atoms. The van der Waals surface area contributed by atoms with Crippen LogP contribution in [0.3, 0.4) is 0 Å². The Morgan fingerprint density at radius 3 is 2.07 bits per heavy atom. The molecule has 1 aromatic carbocycles. The molecule has 0 bridgehead atoms. The van der Waals surface area contributed by atoms with E-state index < -0.39 is 61.5 Å². The van der Waals surface area contributed by atoms with Gasteiger partial charge in [-0.3, -0.25) is 43.0 Å². The van der Waals surface area contributed by atoms with Crippen molar-refractivity contribution in [3.63, 3.8) is 0 Å². The van der Waals surface area contributed by atoms with Gasteiger partial charge in [0.25, 0.3) is 11.8 Å². The van der Waals surface area contributed by atoms with Gasteiger partial charge in [0, 0.05) is 106 Å². The number of amides is 7. The van der Waals surface area contributed by atoms with Crippen molar-refractivity contribution in [3.8, 4) is 0 Å². The van der Waals surface area contributed by atoms with Gasteiger partial charge in [-0.25, -0.2) is 4.99 Å². The first kappa shape index (κ1) is 61.9. The van der Waals surface area contributed by atoms with Gasteiger partial charge in [-0.1, -0.05) is 77.4 Å². The predicted molar refractivity (Wildman–Crippen MR) is 281 cm³/mol. The number of imide groups is 1. The third-order valence-corrected chi connectivity index (χ3v) is 15.5. The first-order chi connectivity index (χ1) is 34.5. The lowest BCUT2D eigenvalue weighted by Crippen LogP contribution is -2.54. The molecule has 0 saturated carbocycles. The molecule has 3 rings (SSSR count). The van der Waals surface area contributed by atoms with E-state index in [1.165, 1.54) is 26.4 Å². The van der Waals surface area contributed by atoms with Crippen LogP contribution in [0.4, 0.5) is 0 Å². The molecule has 0 radical (unpaired) electrons. The molecule has 2 heterocycles. The molecule has 1 unspecified atom stereocenters. The van der Waals surface area contributed by atoms with E-state index in [9.17, 15) is 43.0 Å². The molecule has 8 atom stereocenters. The van der Waals surface area contributed by atoms with E-state index in [2.05, 4.69) is 22.5 Å². The number of likely N-dealkylation sites (N-methyl/N-ethyl adjacent to an activating group) is 1. The number of hydrogen-bond acceptors (Lipinski definition) is 11.